The summed E-state index contributed by atoms with van der Waals surface area (Å²) >= 11 is 1.19. The fourth-order valence-corrected chi connectivity index (χ4v) is 3.33. The molecule has 154 valence electrons. The lowest BCUT2D eigenvalue weighted by molar-refractivity contribution is -0.387. The molecular formula is C21H20N4O4S. The molecule has 0 aliphatic carbocycles. The molecule has 1 aromatic heterocycles. The van der Waals surface area contributed by atoms with Crippen LogP contribution in [0.15, 0.2) is 70.8 Å². The molecule has 0 saturated heterocycles. The van der Waals surface area contributed by atoms with E-state index in [1.54, 1.807) is 24.3 Å². The Morgan fingerprint density at radius 2 is 1.83 bits per heavy atom. The number of carbonyl (C=O) groups is 1. The summed E-state index contributed by atoms with van der Waals surface area (Å²) in [5.74, 6) is -0.0930. The summed E-state index contributed by atoms with van der Waals surface area (Å²) < 4.78 is 5.20. The van der Waals surface area contributed by atoms with Crippen molar-refractivity contribution in [3.05, 3.63) is 76.6 Å². The molecular weight excluding hydrogens is 404 g/mol. The van der Waals surface area contributed by atoms with Crippen molar-refractivity contribution in [3.63, 3.8) is 0 Å². The summed E-state index contributed by atoms with van der Waals surface area (Å²) in [5, 5.41) is 14.9. The molecule has 0 amide bonds. The van der Waals surface area contributed by atoms with Gasteiger partial charge in [0.05, 0.1) is 17.1 Å². The highest BCUT2D eigenvalue weighted by molar-refractivity contribution is 7.99. The van der Waals surface area contributed by atoms with E-state index in [2.05, 4.69) is 15.3 Å². The minimum Gasteiger partial charge on any atom is -0.462 e. The van der Waals surface area contributed by atoms with Crippen LogP contribution in [-0.2, 0) is 4.74 Å². The molecule has 0 radical (unpaired) electrons. The number of ether oxygens (including phenoxy) is 1. The summed E-state index contributed by atoms with van der Waals surface area (Å²) in [6.45, 7) is 4.26. The Balaban J connectivity index is 1.80. The Morgan fingerprint density at radius 3 is 2.47 bits per heavy atom. The van der Waals surface area contributed by atoms with Crippen LogP contribution in [0, 0.1) is 16.0 Å². The molecule has 0 spiro atoms. The van der Waals surface area contributed by atoms with Crippen molar-refractivity contribution < 1.29 is 14.5 Å². The zero-order valence-corrected chi connectivity index (χ0v) is 17.3. The Hall–Kier alpha value is -3.46. The molecule has 2 aromatic carbocycles. The minimum atomic E-state index is -0.509. The van der Waals surface area contributed by atoms with Crippen molar-refractivity contribution in [3.8, 4) is 0 Å². The Kier molecular flexibility index (Phi) is 6.97. The number of hydrogen-bond acceptors (Lipinski definition) is 8. The lowest BCUT2D eigenvalue weighted by atomic mass is 10.2. The van der Waals surface area contributed by atoms with Crippen LogP contribution in [0.2, 0.25) is 0 Å². The standard InChI is InChI=1S/C21H20N4O4S/c1-14(2)12-29-21(26)15-8-10-16(11-9-15)24-19-18(25(27)28)20(23-13-22-19)30-17-6-4-3-5-7-17/h3-11,13-14H,12H2,1-2H3,(H,22,23,24). The van der Waals surface area contributed by atoms with Gasteiger partial charge in [0.2, 0.25) is 5.82 Å². The molecule has 0 bridgehead atoms. The number of anilines is 2. The number of esters is 1. The maximum Gasteiger partial charge on any atom is 0.343 e. The van der Waals surface area contributed by atoms with Gasteiger partial charge in [-0.05, 0) is 42.3 Å². The second-order valence-corrected chi connectivity index (χ2v) is 7.81. The van der Waals surface area contributed by atoms with E-state index in [1.807, 2.05) is 44.2 Å². The van der Waals surface area contributed by atoms with E-state index >= 15 is 0 Å². The molecule has 0 atom stereocenters. The Labute approximate surface area is 177 Å². The third kappa shape index (κ3) is 5.54. The highest BCUT2D eigenvalue weighted by Gasteiger charge is 2.24. The number of nitro groups is 1. The second kappa shape index (κ2) is 9.84. The number of benzene rings is 2. The van der Waals surface area contributed by atoms with Gasteiger partial charge >= 0.3 is 11.7 Å². The van der Waals surface area contributed by atoms with Gasteiger partial charge in [-0.1, -0.05) is 43.8 Å². The molecule has 9 heteroatoms. The molecule has 0 saturated carbocycles. The van der Waals surface area contributed by atoms with Crippen molar-refractivity contribution in [2.75, 3.05) is 11.9 Å². The topological polar surface area (TPSA) is 107 Å². The van der Waals surface area contributed by atoms with Crippen molar-refractivity contribution >= 4 is 34.9 Å². The fraction of sp³-hybridized carbons (Fsp3) is 0.190. The summed E-state index contributed by atoms with van der Waals surface area (Å²) in [5.41, 5.74) is 0.735. The van der Waals surface area contributed by atoms with E-state index in [4.69, 9.17) is 4.74 Å². The first-order valence-electron chi connectivity index (χ1n) is 9.20. The van der Waals surface area contributed by atoms with Gasteiger partial charge < -0.3 is 10.1 Å². The number of hydrogen-bond donors (Lipinski definition) is 1. The first-order chi connectivity index (χ1) is 14.4. The number of rotatable bonds is 8. The average molecular weight is 424 g/mol. The molecule has 30 heavy (non-hydrogen) atoms. The van der Waals surface area contributed by atoms with Gasteiger partial charge in [0.15, 0.2) is 5.03 Å². The number of carbonyl (C=O) groups excluding carboxylic acids is 1. The Morgan fingerprint density at radius 1 is 1.13 bits per heavy atom. The van der Waals surface area contributed by atoms with Crippen molar-refractivity contribution in [2.24, 2.45) is 5.92 Å². The van der Waals surface area contributed by atoms with Crippen LogP contribution < -0.4 is 5.32 Å². The van der Waals surface area contributed by atoms with Gasteiger partial charge in [0.1, 0.15) is 6.33 Å². The van der Waals surface area contributed by atoms with Crippen molar-refractivity contribution in [2.45, 2.75) is 23.8 Å². The Bertz CT molecular complexity index is 1030. The van der Waals surface area contributed by atoms with E-state index in [-0.39, 0.29) is 22.4 Å². The van der Waals surface area contributed by atoms with Crippen LogP contribution in [-0.4, -0.2) is 27.5 Å². The molecule has 3 aromatic rings. The molecule has 0 unspecified atom stereocenters. The quantitative estimate of drug-likeness (QED) is 0.230. The third-order valence-electron chi connectivity index (χ3n) is 3.86. The minimum absolute atomic E-state index is 0.0727. The lowest BCUT2D eigenvalue weighted by Gasteiger charge is -2.10. The summed E-state index contributed by atoms with van der Waals surface area (Å²) in [7, 11) is 0. The zero-order valence-electron chi connectivity index (χ0n) is 16.4. The second-order valence-electron chi connectivity index (χ2n) is 6.74. The smallest absolute Gasteiger partial charge is 0.343 e. The van der Waals surface area contributed by atoms with Gasteiger partial charge in [0, 0.05) is 10.6 Å². The molecule has 0 aliphatic heterocycles. The zero-order chi connectivity index (χ0) is 21.5. The van der Waals surface area contributed by atoms with E-state index < -0.39 is 10.9 Å². The van der Waals surface area contributed by atoms with Gasteiger partial charge in [-0.25, -0.2) is 14.8 Å². The SMILES string of the molecule is CC(C)COC(=O)c1ccc(Nc2ncnc(Sc3ccccc3)c2[N+](=O)[O-])cc1. The first-order valence-corrected chi connectivity index (χ1v) is 10.0. The van der Waals surface area contributed by atoms with Crippen LogP contribution in [0.25, 0.3) is 0 Å². The highest BCUT2D eigenvalue weighted by atomic mass is 32.2. The maximum atomic E-state index is 12.0. The maximum absolute atomic E-state index is 12.0. The third-order valence-corrected chi connectivity index (χ3v) is 4.86. The number of nitrogens with one attached hydrogen (secondary N) is 1. The van der Waals surface area contributed by atoms with E-state index in [0.29, 0.717) is 17.9 Å². The van der Waals surface area contributed by atoms with E-state index in [0.717, 1.165) is 4.90 Å². The predicted molar refractivity (Wildman–Crippen MR) is 114 cm³/mol. The first kappa shape index (κ1) is 21.3. The van der Waals surface area contributed by atoms with Gasteiger partial charge in [-0.2, -0.15) is 0 Å². The monoisotopic (exact) mass is 424 g/mol. The van der Waals surface area contributed by atoms with Crippen LogP contribution in [0.1, 0.15) is 24.2 Å². The summed E-state index contributed by atoms with van der Waals surface area (Å²) in [6, 6.07) is 15.7. The summed E-state index contributed by atoms with van der Waals surface area (Å²) in [4.78, 5) is 32.2. The largest absolute Gasteiger partial charge is 0.462 e. The fourth-order valence-electron chi connectivity index (χ4n) is 2.45. The molecule has 1 N–H and O–H groups in total. The number of nitrogens with zero attached hydrogens (tertiary/aromatic N) is 3. The number of aromatic nitrogens is 2. The molecule has 1 heterocycles. The van der Waals surface area contributed by atoms with E-state index in [1.165, 1.54) is 18.1 Å². The van der Waals surface area contributed by atoms with Crippen LogP contribution >= 0.6 is 11.8 Å². The normalized spacial score (nSPS) is 10.6. The van der Waals surface area contributed by atoms with Crippen LogP contribution in [0.4, 0.5) is 17.2 Å². The van der Waals surface area contributed by atoms with Gasteiger partial charge in [0.25, 0.3) is 0 Å². The predicted octanol–water partition coefficient (Wildman–Crippen LogP) is 5.09. The molecule has 8 nitrogen and oxygen atoms in total. The molecule has 0 fully saturated rings. The van der Waals surface area contributed by atoms with Gasteiger partial charge in [-0.15, -0.1) is 0 Å². The van der Waals surface area contributed by atoms with Crippen molar-refractivity contribution in [1.29, 1.82) is 0 Å². The lowest BCUT2D eigenvalue weighted by Crippen LogP contribution is -2.10. The molecule has 0 aliphatic rings. The van der Waals surface area contributed by atoms with Crippen LogP contribution in [0.5, 0.6) is 0 Å². The van der Waals surface area contributed by atoms with Crippen LogP contribution in [0.3, 0.4) is 0 Å². The summed E-state index contributed by atoms with van der Waals surface area (Å²) in [6.07, 6.45) is 1.28. The highest BCUT2D eigenvalue weighted by Crippen LogP contribution is 2.37. The average Bonchev–Trinajstić information content (AvgIpc) is 2.73. The molecule has 3 rings (SSSR count). The van der Waals surface area contributed by atoms with Gasteiger partial charge in [-0.3, -0.25) is 10.1 Å². The van der Waals surface area contributed by atoms with E-state index in [9.17, 15) is 14.9 Å². The van der Waals surface area contributed by atoms with Crippen molar-refractivity contribution in [1.82, 2.24) is 9.97 Å².